The first kappa shape index (κ1) is 15.3. The van der Waals surface area contributed by atoms with Crippen LogP contribution in [0.3, 0.4) is 0 Å². The van der Waals surface area contributed by atoms with Crippen LogP contribution in [0, 0.1) is 0 Å². The second-order valence-electron chi connectivity index (χ2n) is 6.19. The molecule has 0 aliphatic carbocycles. The summed E-state index contributed by atoms with van der Waals surface area (Å²) < 4.78 is 1.16. The highest BCUT2D eigenvalue weighted by Gasteiger charge is 2.34. The van der Waals surface area contributed by atoms with Gasteiger partial charge in [0.25, 0.3) is 0 Å². The van der Waals surface area contributed by atoms with E-state index in [1.165, 1.54) is 16.7 Å². The van der Waals surface area contributed by atoms with Crippen molar-refractivity contribution in [3.63, 3.8) is 0 Å². The molecule has 0 heterocycles. The maximum absolute atomic E-state index is 3.47. The van der Waals surface area contributed by atoms with Gasteiger partial charge in [-0.05, 0) is 41.1 Å². The normalized spacial score (nSPS) is 12.8. The van der Waals surface area contributed by atoms with Crippen LogP contribution in [0.1, 0.15) is 20.8 Å². The lowest BCUT2D eigenvalue weighted by Crippen LogP contribution is -2.37. The van der Waals surface area contributed by atoms with Crippen molar-refractivity contribution in [1.82, 2.24) is 0 Å². The molecule has 0 saturated carbocycles. The summed E-state index contributed by atoms with van der Waals surface area (Å²) in [7, 11) is -1.10. The maximum atomic E-state index is 3.47. The summed E-state index contributed by atoms with van der Waals surface area (Å²) in [4.78, 5) is 1.38. The standard InChI is InChI=1S/C14H23BrSSi/c1-14(2,3)17(4,5)11-10-16-13-8-6-12(15)7-9-13/h6-9H,10-11H2,1-5H3. The Morgan fingerprint density at radius 3 is 2.12 bits per heavy atom. The van der Waals surface area contributed by atoms with E-state index >= 15 is 0 Å². The van der Waals surface area contributed by atoms with E-state index in [4.69, 9.17) is 0 Å². The van der Waals surface area contributed by atoms with Crippen LogP contribution < -0.4 is 0 Å². The van der Waals surface area contributed by atoms with Crippen molar-refractivity contribution in [3.8, 4) is 0 Å². The number of halogens is 1. The van der Waals surface area contributed by atoms with Crippen LogP contribution in [0.5, 0.6) is 0 Å². The lowest BCUT2D eigenvalue weighted by molar-refractivity contribution is 0.716. The third-order valence-electron chi connectivity index (χ3n) is 3.84. The Balaban J connectivity index is 2.45. The highest BCUT2D eigenvalue weighted by Crippen LogP contribution is 2.39. The van der Waals surface area contributed by atoms with Gasteiger partial charge in [-0.15, -0.1) is 11.8 Å². The molecule has 96 valence electrons. The topological polar surface area (TPSA) is 0 Å². The summed E-state index contributed by atoms with van der Waals surface area (Å²) in [6.45, 7) is 12.2. The molecule has 0 amide bonds. The molecule has 3 heteroatoms. The number of rotatable bonds is 4. The highest BCUT2D eigenvalue weighted by atomic mass is 79.9. The Hall–Kier alpha value is 0.267. The van der Waals surface area contributed by atoms with Crippen molar-refractivity contribution in [2.24, 2.45) is 0 Å². The summed E-state index contributed by atoms with van der Waals surface area (Å²) >= 11 is 5.46. The summed E-state index contributed by atoms with van der Waals surface area (Å²) in [5, 5.41) is 0.507. The van der Waals surface area contributed by atoms with Crippen LogP contribution in [0.15, 0.2) is 33.6 Å². The molecular weight excluding hydrogens is 308 g/mol. The fourth-order valence-corrected chi connectivity index (χ4v) is 5.36. The van der Waals surface area contributed by atoms with Gasteiger partial charge < -0.3 is 0 Å². The van der Waals surface area contributed by atoms with E-state index in [1.54, 1.807) is 0 Å². The second-order valence-corrected chi connectivity index (χ2v) is 14.0. The van der Waals surface area contributed by atoms with Gasteiger partial charge in [-0.1, -0.05) is 49.8 Å². The molecule has 0 unspecified atom stereocenters. The molecule has 0 aliphatic rings. The molecule has 1 rings (SSSR count). The van der Waals surface area contributed by atoms with Gasteiger partial charge in [0.2, 0.25) is 0 Å². The van der Waals surface area contributed by atoms with Crippen molar-refractivity contribution in [2.45, 2.75) is 49.8 Å². The van der Waals surface area contributed by atoms with Crippen LogP contribution in [-0.2, 0) is 0 Å². The fraction of sp³-hybridized carbons (Fsp3) is 0.571. The smallest absolute Gasteiger partial charge is 0.0535 e. The molecule has 0 aliphatic heterocycles. The van der Waals surface area contributed by atoms with Crippen LogP contribution in [-0.4, -0.2) is 13.8 Å². The molecule has 0 radical (unpaired) electrons. The van der Waals surface area contributed by atoms with Gasteiger partial charge in [0.05, 0.1) is 8.07 Å². The number of hydrogen-bond donors (Lipinski definition) is 0. The SMILES string of the molecule is CC(C)(C)[Si](C)(C)CCSc1ccc(Br)cc1. The van der Waals surface area contributed by atoms with E-state index in [0.29, 0.717) is 5.04 Å². The summed E-state index contributed by atoms with van der Waals surface area (Å²) in [6, 6.07) is 10.0. The Bertz CT molecular complexity index is 351. The Morgan fingerprint density at radius 1 is 1.12 bits per heavy atom. The molecule has 1 aromatic rings. The predicted molar refractivity (Wildman–Crippen MR) is 86.9 cm³/mol. The van der Waals surface area contributed by atoms with Crippen LogP contribution >= 0.6 is 27.7 Å². The van der Waals surface area contributed by atoms with E-state index in [-0.39, 0.29) is 0 Å². The van der Waals surface area contributed by atoms with E-state index in [0.717, 1.165) is 4.47 Å². The second kappa shape index (κ2) is 5.94. The molecule has 1 aromatic carbocycles. The summed E-state index contributed by atoms with van der Waals surface area (Å²) in [5.74, 6) is 1.25. The number of benzene rings is 1. The number of hydrogen-bond acceptors (Lipinski definition) is 1. The van der Waals surface area contributed by atoms with E-state index in [9.17, 15) is 0 Å². The first-order valence-corrected chi connectivity index (χ1v) is 11.1. The van der Waals surface area contributed by atoms with Gasteiger partial charge in [0.15, 0.2) is 0 Å². The van der Waals surface area contributed by atoms with Crippen LogP contribution in [0.4, 0.5) is 0 Å². The molecule has 0 saturated heterocycles. The zero-order chi connectivity index (χ0) is 13.1. The lowest BCUT2D eigenvalue weighted by Gasteiger charge is -2.37. The van der Waals surface area contributed by atoms with Crippen molar-refractivity contribution >= 4 is 35.8 Å². The monoisotopic (exact) mass is 330 g/mol. The summed E-state index contributed by atoms with van der Waals surface area (Å²) in [5.41, 5.74) is 0. The molecule has 0 spiro atoms. The molecular formula is C14H23BrSSi. The molecule has 0 aromatic heterocycles. The lowest BCUT2D eigenvalue weighted by atomic mass is 10.2. The highest BCUT2D eigenvalue weighted by molar-refractivity contribution is 9.10. The minimum atomic E-state index is -1.10. The fourth-order valence-electron chi connectivity index (χ4n) is 1.33. The molecule has 0 bridgehead atoms. The average Bonchev–Trinajstić information content (AvgIpc) is 2.19. The van der Waals surface area contributed by atoms with Crippen molar-refractivity contribution < 1.29 is 0 Å². The van der Waals surface area contributed by atoms with Gasteiger partial charge in [-0.25, -0.2) is 0 Å². The summed E-state index contributed by atoms with van der Waals surface area (Å²) in [6.07, 6.45) is 0. The van der Waals surface area contributed by atoms with Gasteiger partial charge in [-0.2, -0.15) is 0 Å². The quantitative estimate of drug-likeness (QED) is 0.478. The van der Waals surface area contributed by atoms with Gasteiger partial charge in [0, 0.05) is 9.37 Å². The van der Waals surface area contributed by atoms with E-state index in [1.807, 2.05) is 11.8 Å². The van der Waals surface area contributed by atoms with Crippen LogP contribution in [0.25, 0.3) is 0 Å². The maximum Gasteiger partial charge on any atom is 0.0535 e. The van der Waals surface area contributed by atoms with Gasteiger partial charge in [-0.3, -0.25) is 0 Å². The third-order valence-corrected chi connectivity index (χ3v) is 11.3. The van der Waals surface area contributed by atoms with E-state index in [2.05, 4.69) is 74.1 Å². The minimum Gasteiger partial charge on any atom is -0.126 e. The molecule has 17 heavy (non-hydrogen) atoms. The van der Waals surface area contributed by atoms with Crippen molar-refractivity contribution in [2.75, 3.05) is 5.75 Å². The van der Waals surface area contributed by atoms with Crippen molar-refractivity contribution in [3.05, 3.63) is 28.7 Å². The average molecular weight is 331 g/mol. The Labute approximate surface area is 120 Å². The largest absolute Gasteiger partial charge is 0.126 e. The number of thioether (sulfide) groups is 1. The zero-order valence-corrected chi connectivity index (χ0v) is 14.9. The Morgan fingerprint density at radius 2 is 1.65 bits per heavy atom. The van der Waals surface area contributed by atoms with Gasteiger partial charge in [0.1, 0.15) is 0 Å². The van der Waals surface area contributed by atoms with Crippen molar-refractivity contribution in [1.29, 1.82) is 0 Å². The van der Waals surface area contributed by atoms with Gasteiger partial charge >= 0.3 is 0 Å². The molecule has 0 N–H and O–H groups in total. The zero-order valence-electron chi connectivity index (χ0n) is 11.5. The Kier molecular flexibility index (Phi) is 5.35. The third kappa shape index (κ3) is 4.80. The van der Waals surface area contributed by atoms with Crippen LogP contribution in [0.2, 0.25) is 24.2 Å². The molecule has 0 fully saturated rings. The first-order chi connectivity index (χ1) is 7.72. The predicted octanol–water partition coefficient (Wildman–Crippen LogP) is 6.05. The van der Waals surface area contributed by atoms with E-state index < -0.39 is 8.07 Å². The minimum absolute atomic E-state index is 0.507. The molecule has 0 atom stereocenters. The first-order valence-electron chi connectivity index (χ1n) is 6.11. The molecule has 0 nitrogen and oxygen atoms in total.